The van der Waals surface area contributed by atoms with Gasteiger partial charge in [-0.2, -0.15) is 5.11 Å². The number of nitrogens with zero attached hydrogens (tertiary/aromatic N) is 2. The fraction of sp³-hybridized carbons (Fsp3) is 0.500. The van der Waals surface area contributed by atoms with Gasteiger partial charge in [-0.25, -0.2) is 9.59 Å². The van der Waals surface area contributed by atoms with Crippen LogP contribution >= 0.6 is 0 Å². The van der Waals surface area contributed by atoms with Crippen molar-refractivity contribution in [3.63, 3.8) is 0 Å². The van der Waals surface area contributed by atoms with Gasteiger partial charge in [-0.05, 0) is 19.9 Å². The Labute approximate surface area is 131 Å². The Kier molecular flexibility index (Phi) is 6.88. The molecule has 0 aromatic carbocycles. The zero-order chi connectivity index (χ0) is 13.8. The van der Waals surface area contributed by atoms with E-state index in [1.165, 1.54) is 6.92 Å². The summed E-state index contributed by atoms with van der Waals surface area (Å²) < 4.78 is 9.18. The second-order valence-corrected chi connectivity index (χ2v) is 3.22. The molecule has 0 amide bonds. The van der Waals surface area contributed by atoms with E-state index in [4.69, 9.17) is 0 Å². The predicted octanol–water partition coefficient (Wildman–Crippen LogP) is -4.04. The number of carbonyl (C=O) groups excluding carboxylic acids is 3. The molecule has 0 saturated heterocycles. The van der Waals surface area contributed by atoms with Gasteiger partial charge in [0, 0.05) is 0 Å². The minimum atomic E-state index is -2.40. The molecule has 0 aromatic rings. The normalized spacial score (nSPS) is 20.2. The summed E-state index contributed by atoms with van der Waals surface area (Å²) in [6.07, 6.45) is 0.762. The van der Waals surface area contributed by atoms with E-state index in [1.54, 1.807) is 6.92 Å². The summed E-state index contributed by atoms with van der Waals surface area (Å²) >= 11 is 0. The number of carboxylic acid groups (broad SMARTS) is 1. The summed E-state index contributed by atoms with van der Waals surface area (Å²) in [6.45, 7) is 3.13. The van der Waals surface area contributed by atoms with E-state index >= 15 is 0 Å². The summed E-state index contributed by atoms with van der Waals surface area (Å²) in [5, 5.41) is 17.6. The van der Waals surface area contributed by atoms with Crippen LogP contribution in [0, 0.1) is 0 Å². The molecule has 8 nitrogen and oxygen atoms in total. The standard InChI is InChI=1S/C10H12N2O6.Na/c1-3-17-7(13)6-5-10(8(14)15,12-11-6)9(16)18-4-2;/h5H,3-4H2,1-2H3,(H,14,15);/q;+1/p-1. The van der Waals surface area contributed by atoms with Crippen LogP contribution in [-0.4, -0.2) is 36.7 Å². The first kappa shape index (κ1) is 17.8. The number of rotatable bonds is 5. The molecule has 19 heavy (non-hydrogen) atoms. The SMILES string of the molecule is CCOC(=O)C1=CC(C(=O)[O-])(C(=O)OCC)N=N1.[Na+]. The van der Waals surface area contributed by atoms with E-state index in [2.05, 4.69) is 19.7 Å². The Morgan fingerprint density at radius 1 is 1.26 bits per heavy atom. The summed E-state index contributed by atoms with van der Waals surface area (Å²) in [7, 11) is 0. The van der Waals surface area contributed by atoms with E-state index < -0.39 is 23.4 Å². The van der Waals surface area contributed by atoms with Gasteiger partial charge in [0.25, 0.3) is 0 Å². The molecule has 1 aliphatic heterocycles. The van der Waals surface area contributed by atoms with E-state index in [0.717, 1.165) is 6.08 Å². The van der Waals surface area contributed by atoms with Crippen molar-refractivity contribution in [2.45, 2.75) is 19.4 Å². The zero-order valence-electron chi connectivity index (χ0n) is 10.8. The zero-order valence-corrected chi connectivity index (χ0v) is 12.8. The first-order valence-electron chi connectivity index (χ1n) is 5.19. The van der Waals surface area contributed by atoms with Crippen LogP contribution in [0.1, 0.15) is 13.8 Å². The van der Waals surface area contributed by atoms with Gasteiger partial charge in [0.1, 0.15) is 0 Å². The Balaban J connectivity index is 0.00000324. The van der Waals surface area contributed by atoms with Crippen LogP contribution in [0.3, 0.4) is 0 Å². The van der Waals surface area contributed by atoms with Gasteiger partial charge in [0.2, 0.25) is 5.54 Å². The molecule has 0 bridgehead atoms. The average molecular weight is 278 g/mol. The van der Waals surface area contributed by atoms with Crippen LogP contribution < -0.4 is 34.7 Å². The van der Waals surface area contributed by atoms with Crippen molar-refractivity contribution < 1.29 is 58.5 Å². The van der Waals surface area contributed by atoms with Gasteiger partial charge in [-0.3, -0.25) is 0 Å². The van der Waals surface area contributed by atoms with Crippen LogP contribution in [-0.2, 0) is 23.9 Å². The Hall–Kier alpha value is -1.25. The maximum atomic E-state index is 11.5. The van der Waals surface area contributed by atoms with Crippen molar-refractivity contribution in [1.82, 2.24) is 0 Å². The van der Waals surface area contributed by atoms with Gasteiger partial charge >= 0.3 is 41.5 Å². The number of hydrogen-bond donors (Lipinski definition) is 0. The summed E-state index contributed by atoms with van der Waals surface area (Å²) in [5.74, 6) is -3.84. The molecular formula is C10H11N2NaO6. The quantitative estimate of drug-likeness (QED) is 0.287. The van der Waals surface area contributed by atoms with E-state index in [0.29, 0.717) is 0 Å². The molecule has 9 heteroatoms. The molecule has 0 radical (unpaired) electrons. The molecule has 0 spiro atoms. The van der Waals surface area contributed by atoms with E-state index in [-0.39, 0.29) is 48.5 Å². The van der Waals surface area contributed by atoms with Crippen LogP contribution in [0.4, 0.5) is 0 Å². The molecule has 98 valence electrons. The molecule has 0 aromatic heterocycles. The second kappa shape index (κ2) is 7.37. The van der Waals surface area contributed by atoms with Crippen molar-refractivity contribution in [2.75, 3.05) is 13.2 Å². The minimum absolute atomic E-state index is 0. The molecule has 0 N–H and O–H groups in total. The largest absolute Gasteiger partial charge is 1.00 e. The van der Waals surface area contributed by atoms with Crippen molar-refractivity contribution >= 4 is 17.9 Å². The van der Waals surface area contributed by atoms with Crippen LogP contribution in [0.5, 0.6) is 0 Å². The maximum Gasteiger partial charge on any atom is 1.00 e. The van der Waals surface area contributed by atoms with Crippen LogP contribution in [0.15, 0.2) is 22.0 Å². The third-order valence-corrected chi connectivity index (χ3v) is 2.04. The second-order valence-electron chi connectivity index (χ2n) is 3.22. The average Bonchev–Trinajstić information content (AvgIpc) is 2.75. The van der Waals surface area contributed by atoms with Crippen molar-refractivity contribution in [1.29, 1.82) is 0 Å². The molecule has 1 aliphatic rings. The van der Waals surface area contributed by atoms with Crippen LogP contribution in [0.25, 0.3) is 0 Å². The smallest absolute Gasteiger partial charge is 0.546 e. The molecule has 1 rings (SSSR count). The maximum absolute atomic E-state index is 11.5. The molecule has 0 saturated carbocycles. The number of esters is 2. The number of aliphatic carboxylic acids is 1. The van der Waals surface area contributed by atoms with Gasteiger partial charge in [-0.15, -0.1) is 5.11 Å². The number of hydrogen-bond acceptors (Lipinski definition) is 8. The fourth-order valence-corrected chi connectivity index (χ4v) is 1.22. The van der Waals surface area contributed by atoms with Gasteiger partial charge in [0.15, 0.2) is 5.70 Å². The third-order valence-electron chi connectivity index (χ3n) is 2.04. The predicted molar refractivity (Wildman–Crippen MR) is 53.9 cm³/mol. The van der Waals surface area contributed by atoms with Crippen molar-refractivity contribution in [3.8, 4) is 0 Å². The summed E-state index contributed by atoms with van der Waals surface area (Å²) in [5.41, 5.74) is -2.77. The van der Waals surface area contributed by atoms with Crippen molar-refractivity contribution in [2.24, 2.45) is 10.2 Å². The molecule has 1 atom stereocenters. The molecule has 0 aliphatic carbocycles. The summed E-state index contributed by atoms with van der Waals surface area (Å²) in [6, 6.07) is 0. The Morgan fingerprint density at radius 2 is 1.84 bits per heavy atom. The number of carbonyl (C=O) groups is 3. The summed E-state index contributed by atoms with van der Waals surface area (Å²) in [4.78, 5) is 33.9. The van der Waals surface area contributed by atoms with Gasteiger partial charge in [-0.1, -0.05) is 0 Å². The van der Waals surface area contributed by atoms with Gasteiger partial charge in [0.05, 0.1) is 19.2 Å². The Bertz CT molecular complexity index is 447. The molecule has 1 heterocycles. The number of carboxylic acids is 1. The first-order valence-corrected chi connectivity index (χ1v) is 5.19. The topological polar surface area (TPSA) is 117 Å². The first-order chi connectivity index (χ1) is 8.47. The molecule has 1 unspecified atom stereocenters. The van der Waals surface area contributed by atoms with Gasteiger partial charge < -0.3 is 19.4 Å². The van der Waals surface area contributed by atoms with Crippen molar-refractivity contribution in [3.05, 3.63) is 11.8 Å². The monoisotopic (exact) mass is 278 g/mol. The third kappa shape index (κ3) is 3.62. The molecule has 0 fully saturated rings. The van der Waals surface area contributed by atoms with E-state index in [1.807, 2.05) is 0 Å². The number of ether oxygens (including phenoxy) is 2. The molecular weight excluding hydrogens is 267 g/mol. The Morgan fingerprint density at radius 3 is 2.32 bits per heavy atom. The van der Waals surface area contributed by atoms with E-state index in [9.17, 15) is 19.5 Å². The minimum Gasteiger partial charge on any atom is -0.546 e. The van der Waals surface area contributed by atoms with Crippen LogP contribution in [0.2, 0.25) is 0 Å². The fourth-order valence-electron chi connectivity index (χ4n) is 1.22. The number of azo groups is 1.